The van der Waals surface area contributed by atoms with E-state index < -0.39 is 10.0 Å². The van der Waals surface area contributed by atoms with Gasteiger partial charge < -0.3 is 4.52 Å². The van der Waals surface area contributed by atoms with Crippen LogP contribution in [0.1, 0.15) is 54.8 Å². The number of piperidine rings is 1. The average Bonchev–Trinajstić information content (AvgIpc) is 3.36. The number of rotatable bonds is 5. The van der Waals surface area contributed by atoms with Crippen LogP contribution in [0.5, 0.6) is 0 Å². The first-order valence-electron chi connectivity index (χ1n) is 8.47. The van der Waals surface area contributed by atoms with Crippen molar-refractivity contribution in [1.82, 2.24) is 14.4 Å². The van der Waals surface area contributed by atoms with E-state index in [1.54, 1.807) is 4.31 Å². The van der Waals surface area contributed by atoms with E-state index in [0.717, 1.165) is 25.7 Å². The van der Waals surface area contributed by atoms with Gasteiger partial charge >= 0.3 is 0 Å². The smallest absolute Gasteiger partial charge is 0.229 e. The topological polar surface area (TPSA) is 76.3 Å². The lowest BCUT2D eigenvalue weighted by molar-refractivity contribution is 0.314. The van der Waals surface area contributed by atoms with Gasteiger partial charge in [-0.05, 0) is 37.2 Å². The fourth-order valence-electron chi connectivity index (χ4n) is 3.27. The van der Waals surface area contributed by atoms with Crippen LogP contribution in [-0.4, -0.2) is 36.0 Å². The van der Waals surface area contributed by atoms with Gasteiger partial charge in [-0.2, -0.15) is 4.98 Å². The van der Waals surface area contributed by atoms with E-state index in [-0.39, 0.29) is 17.5 Å². The van der Waals surface area contributed by atoms with Crippen LogP contribution in [0, 0.1) is 0 Å². The SMILES string of the molecule is O=S(=O)(Cc1noc(C2CC2)n1)N1CCCC(c2ccccc2)C1. The number of nitrogens with zero attached hydrogens (tertiary/aromatic N) is 3. The normalized spacial score (nSPS) is 22.6. The maximum absolute atomic E-state index is 12.7. The van der Waals surface area contributed by atoms with Gasteiger partial charge in [0.15, 0.2) is 5.82 Å². The summed E-state index contributed by atoms with van der Waals surface area (Å²) in [6.45, 7) is 1.10. The van der Waals surface area contributed by atoms with Gasteiger partial charge in [-0.25, -0.2) is 12.7 Å². The van der Waals surface area contributed by atoms with Crippen molar-refractivity contribution in [2.24, 2.45) is 0 Å². The molecule has 1 aliphatic heterocycles. The van der Waals surface area contributed by atoms with E-state index in [9.17, 15) is 8.42 Å². The molecule has 4 rings (SSSR count). The number of hydrogen-bond acceptors (Lipinski definition) is 5. The van der Waals surface area contributed by atoms with Gasteiger partial charge in [0.25, 0.3) is 0 Å². The van der Waals surface area contributed by atoms with Crippen molar-refractivity contribution in [2.45, 2.75) is 43.3 Å². The zero-order chi connectivity index (χ0) is 16.6. The van der Waals surface area contributed by atoms with Gasteiger partial charge in [-0.3, -0.25) is 0 Å². The van der Waals surface area contributed by atoms with Gasteiger partial charge in [0, 0.05) is 19.0 Å². The highest BCUT2D eigenvalue weighted by molar-refractivity contribution is 7.88. The largest absolute Gasteiger partial charge is 0.339 e. The maximum Gasteiger partial charge on any atom is 0.229 e. The van der Waals surface area contributed by atoms with Crippen molar-refractivity contribution in [2.75, 3.05) is 13.1 Å². The molecule has 7 heteroatoms. The van der Waals surface area contributed by atoms with E-state index in [4.69, 9.17) is 4.52 Å². The predicted octanol–water partition coefficient (Wildman–Crippen LogP) is 2.66. The molecule has 2 aliphatic rings. The quantitative estimate of drug-likeness (QED) is 0.831. The lowest BCUT2D eigenvalue weighted by atomic mass is 9.92. The Morgan fingerprint density at radius 3 is 2.67 bits per heavy atom. The Kier molecular flexibility index (Phi) is 4.14. The van der Waals surface area contributed by atoms with Crippen molar-refractivity contribution >= 4 is 10.0 Å². The lowest BCUT2D eigenvalue weighted by Gasteiger charge is -2.31. The molecule has 0 amide bonds. The Balaban J connectivity index is 1.46. The number of benzene rings is 1. The summed E-state index contributed by atoms with van der Waals surface area (Å²) in [5.74, 6) is 1.28. The third-order valence-electron chi connectivity index (χ3n) is 4.77. The number of aromatic nitrogens is 2. The van der Waals surface area contributed by atoms with Crippen LogP contribution in [-0.2, 0) is 15.8 Å². The molecule has 1 aliphatic carbocycles. The highest BCUT2D eigenvalue weighted by atomic mass is 32.2. The zero-order valence-corrected chi connectivity index (χ0v) is 14.3. The summed E-state index contributed by atoms with van der Waals surface area (Å²) in [6.07, 6.45) is 4.00. The third-order valence-corrected chi connectivity index (χ3v) is 6.51. The summed E-state index contributed by atoms with van der Waals surface area (Å²) in [5.41, 5.74) is 1.20. The highest BCUT2D eigenvalue weighted by Gasteiger charge is 2.33. The molecule has 24 heavy (non-hydrogen) atoms. The molecule has 6 nitrogen and oxygen atoms in total. The van der Waals surface area contributed by atoms with Crippen molar-refractivity contribution in [1.29, 1.82) is 0 Å². The standard InChI is InChI=1S/C17H21N3O3S/c21-24(22,12-16-18-17(23-19-16)14-8-9-14)20-10-4-7-15(11-20)13-5-2-1-3-6-13/h1-3,5-6,14-15H,4,7-12H2. The van der Waals surface area contributed by atoms with Crippen molar-refractivity contribution in [3.8, 4) is 0 Å². The highest BCUT2D eigenvalue weighted by Crippen LogP contribution is 2.39. The Labute approximate surface area is 141 Å². The summed E-state index contributed by atoms with van der Waals surface area (Å²) >= 11 is 0. The van der Waals surface area contributed by atoms with Crippen LogP contribution < -0.4 is 0 Å². The fourth-order valence-corrected chi connectivity index (χ4v) is 4.71. The first kappa shape index (κ1) is 15.8. The molecular weight excluding hydrogens is 326 g/mol. The van der Waals surface area contributed by atoms with Crippen LogP contribution in [0.15, 0.2) is 34.9 Å². The molecule has 2 aromatic rings. The molecule has 1 aromatic carbocycles. The second kappa shape index (κ2) is 6.29. The maximum atomic E-state index is 12.7. The van der Waals surface area contributed by atoms with E-state index in [1.165, 1.54) is 5.56 Å². The van der Waals surface area contributed by atoms with E-state index in [1.807, 2.05) is 18.2 Å². The van der Waals surface area contributed by atoms with Gasteiger partial charge in [-0.1, -0.05) is 35.5 Å². The monoisotopic (exact) mass is 347 g/mol. The first-order chi connectivity index (χ1) is 11.6. The minimum absolute atomic E-state index is 0.176. The van der Waals surface area contributed by atoms with Crippen LogP contribution in [0.3, 0.4) is 0 Å². The van der Waals surface area contributed by atoms with Gasteiger partial charge in [-0.15, -0.1) is 0 Å². The predicted molar refractivity (Wildman–Crippen MR) is 88.9 cm³/mol. The molecule has 0 radical (unpaired) electrons. The average molecular weight is 347 g/mol. The second-order valence-corrected chi connectivity index (χ2v) is 8.66. The molecule has 1 saturated carbocycles. The van der Waals surface area contributed by atoms with E-state index >= 15 is 0 Å². The Bertz CT molecular complexity index is 799. The Hall–Kier alpha value is -1.73. The molecule has 1 unspecified atom stereocenters. The van der Waals surface area contributed by atoms with Crippen LogP contribution in [0.4, 0.5) is 0 Å². The second-order valence-electron chi connectivity index (χ2n) is 6.69. The van der Waals surface area contributed by atoms with E-state index in [0.29, 0.717) is 24.9 Å². The fraction of sp³-hybridized carbons (Fsp3) is 0.529. The molecule has 0 N–H and O–H groups in total. The molecule has 1 saturated heterocycles. The number of sulfonamides is 1. The molecule has 0 bridgehead atoms. The van der Waals surface area contributed by atoms with Crippen LogP contribution in [0.2, 0.25) is 0 Å². The molecule has 128 valence electrons. The number of hydrogen-bond donors (Lipinski definition) is 0. The van der Waals surface area contributed by atoms with E-state index in [2.05, 4.69) is 22.3 Å². The Morgan fingerprint density at radius 2 is 1.92 bits per heavy atom. The molecular formula is C17H21N3O3S. The summed E-state index contributed by atoms with van der Waals surface area (Å²) < 4.78 is 32.2. The van der Waals surface area contributed by atoms with Crippen LogP contribution in [0.25, 0.3) is 0 Å². The zero-order valence-electron chi connectivity index (χ0n) is 13.5. The summed E-state index contributed by atoms with van der Waals surface area (Å²) in [5, 5.41) is 3.84. The van der Waals surface area contributed by atoms with Crippen molar-refractivity contribution < 1.29 is 12.9 Å². The first-order valence-corrected chi connectivity index (χ1v) is 10.1. The molecule has 2 heterocycles. The van der Waals surface area contributed by atoms with Crippen molar-refractivity contribution in [3.05, 3.63) is 47.6 Å². The van der Waals surface area contributed by atoms with Crippen molar-refractivity contribution in [3.63, 3.8) is 0 Å². The lowest BCUT2D eigenvalue weighted by Crippen LogP contribution is -2.39. The Morgan fingerprint density at radius 1 is 1.12 bits per heavy atom. The molecule has 1 atom stereocenters. The summed E-state index contributed by atoms with van der Waals surface area (Å²) in [6, 6.07) is 10.1. The minimum atomic E-state index is -3.42. The molecule has 1 aromatic heterocycles. The minimum Gasteiger partial charge on any atom is -0.339 e. The third kappa shape index (κ3) is 3.37. The summed E-state index contributed by atoms with van der Waals surface area (Å²) in [7, 11) is -3.42. The molecule has 0 spiro atoms. The molecule has 2 fully saturated rings. The van der Waals surface area contributed by atoms with Crippen LogP contribution >= 0.6 is 0 Å². The van der Waals surface area contributed by atoms with Gasteiger partial charge in [0.05, 0.1) is 0 Å². The van der Waals surface area contributed by atoms with Gasteiger partial charge in [0.1, 0.15) is 5.75 Å². The van der Waals surface area contributed by atoms with Gasteiger partial charge in [0.2, 0.25) is 15.9 Å². The summed E-state index contributed by atoms with van der Waals surface area (Å²) in [4.78, 5) is 4.25.